The summed E-state index contributed by atoms with van der Waals surface area (Å²) in [6, 6.07) is 5.06. The van der Waals surface area contributed by atoms with Gasteiger partial charge in [-0.15, -0.1) is 11.8 Å². The van der Waals surface area contributed by atoms with Gasteiger partial charge in [0, 0.05) is 10.6 Å². The highest BCUT2D eigenvalue weighted by molar-refractivity contribution is 7.99. The van der Waals surface area contributed by atoms with Gasteiger partial charge in [-0.1, -0.05) is 23.3 Å². The van der Waals surface area contributed by atoms with E-state index < -0.39 is 5.97 Å². The van der Waals surface area contributed by atoms with Crippen molar-refractivity contribution in [2.24, 2.45) is 0 Å². The summed E-state index contributed by atoms with van der Waals surface area (Å²) < 4.78 is 0. The minimum Gasteiger partial charge on any atom is -0.478 e. The first-order valence-electron chi connectivity index (χ1n) is 4.79. The van der Waals surface area contributed by atoms with Crippen molar-refractivity contribution in [3.63, 3.8) is 0 Å². The van der Waals surface area contributed by atoms with Crippen LogP contribution in [0, 0.1) is 0 Å². The summed E-state index contributed by atoms with van der Waals surface area (Å²) in [5, 5.41) is 9.18. The summed E-state index contributed by atoms with van der Waals surface area (Å²) in [5.74, 6) is -0.155. The highest BCUT2D eigenvalue weighted by atomic mass is 35.5. The molecule has 0 bridgehead atoms. The molecule has 0 radical (unpaired) electrons. The fraction of sp³-hybridized carbons (Fsp3) is 0.250. The first kappa shape index (κ1) is 13.1. The van der Waals surface area contributed by atoms with E-state index in [0.29, 0.717) is 0 Å². The summed E-state index contributed by atoms with van der Waals surface area (Å²) in [4.78, 5) is 11.8. The Morgan fingerprint density at radius 2 is 2.19 bits per heavy atom. The van der Waals surface area contributed by atoms with Crippen LogP contribution in [0.25, 0.3) is 0 Å². The van der Waals surface area contributed by atoms with Crippen molar-refractivity contribution in [1.82, 2.24) is 0 Å². The van der Waals surface area contributed by atoms with Gasteiger partial charge in [0.1, 0.15) is 0 Å². The standard InChI is InChI=1S/C12H13ClO2S/c1-8(2)5-6-16-9-3-4-11(13)10(7-9)12(14)15/h3-5,7H,6H2,1-2H3,(H,14,15). The number of carboxylic acids is 1. The predicted octanol–water partition coefficient (Wildman–Crippen LogP) is 4.10. The van der Waals surface area contributed by atoms with Gasteiger partial charge >= 0.3 is 5.97 Å². The lowest BCUT2D eigenvalue weighted by atomic mass is 10.2. The third kappa shape index (κ3) is 3.91. The van der Waals surface area contributed by atoms with Crippen LogP contribution < -0.4 is 0 Å². The van der Waals surface area contributed by atoms with Gasteiger partial charge in [0.15, 0.2) is 0 Å². The second-order valence-electron chi connectivity index (χ2n) is 3.54. The lowest BCUT2D eigenvalue weighted by molar-refractivity contribution is 0.0697. The number of carbonyl (C=O) groups is 1. The number of thioether (sulfide) groups is 1. The highest BCUT2D eigenvalue weighted by Crippen LogP contribution is 2.24. The maximum Gasteiger partial charge on any atom is 0.337 e. The first-order valence-corrected chi connectivity index (χ1v) is 6.16. The van der Waals surface area contributed by atoms with Gasteiger partial charge < -0.3 is 5.11 Å². The van der Waals surface area contributed by atoms with Gasteiger partial charge in [-0.3, -0.25) is 0 Å². The molecule has 0 spiro atoms. The molecule has 0 atom stereocenters. The van der Waals surface area contributed by atoms with E-state index in [4.69, 9.17) is 16.7 Å². The van der Waals surface area contributed by atoms with Crippen LogP contribution in [0.2, 0.25) is 5.02 Å². The van der Waals surface area contributed by atoms with E-state index in [1.54, 1.807) is 23.9 Å². The van der Waals surface area contributed by atoms with E-state index in [1.165, 1.54) is 5.57 Å². The number of aromatic carboxylic acids is 1. The lowest BCUT2D eigenvalue weighted by Crippen LogP contribution is -1.97. The summed E-state index contributed by atoms with van der Waals surface area (Å²) in [5.41, 5.74) is 1.41. The van der Waals surface area contributed by atoms with Crippen molar-refractivity contribution in [1.29, 1.82) is 0 Å². The summed E-state index contributed by atoms with van der Waals surface area (Å²) in [6.07, 6.45) is 2.10. The van der Waals surface area contributed by atoms with Crippen molar-refractivity contribution in [2.75, 3.05) is 5.75 Å². The zero-order chi connectivity index (χ0) is 12.1. The molecule has 0 aromatic heterocycles. The molecule has 1 rings (SSSR count). The van der Waals surface area contributed by atoms with Gasteiger partial charge in [-0.2, -0.15) is 0 Å². The number of hydrogen-bond donors (Lipinski definition) is 1. The number of allylic oxidation sites excluding steroid dienone is 1. The van der Waals surface area contributed by atoms with E-state index in [2.05, 4.69) is 6.08 Å². The van der Waals surface area contributed by atoms with E-state index in [-0.39, 0.29) is 10.6 Å². The molecule has 0 unspecified atom stereocenters. The Labute approximate surface area is 104 Å². The molecular formula is C12H13ClO2S. The molecular weight excluding hydrogens is 244 g/mol. The van der Waals surface area contributed by atoms with Crippen molar-refractivity contribution >= 4 is 29.3 Å². The molecule has 4 heteroatoms. The Morgan fingerprint density at radius 3 is 2.75 bits per heavy atom. The molecule has 0 saturated carbocycles. The second-order valence-corrected chi connectivity index (χ2v) is 5.04. The fourth-order valence-corrected chi connectivity index (χ4v) is 2.24. The molecule has 0 heterocycles. The third-order valence-electron chi connectivity index (χ3n) is 1.91. The number of halogens is 1. The number of benzene rings is 1. The lowest BCUT2D eigenvalue weighted by Gasteiger charge is -2.03. The Bertz CT molecular complexity index is 423. The molecule has 0 saturated heterocycles. The maximum absolute atomic E-state index is 10.9. The van der Waals surface area contributed by atoms with Crippen LogP contribution in [0.5, 0.6) is 0 Å². The van der Waals surface area contributed by atoms with Gasteiger partial charge in [0.2, 0.25) is 0 Å². The van der Waals surface area contributed by atoms with Gasteiger partial charge in [0.25, 0.3) is 0 Å². The van der Waals surface area contributed by atoms with Gasteiger partial charge in [-0.05, 0) is 32.0 Å². The predicted molar refractivity (Wildman–Crippen MR) is 68.6 cm³/mol. The molecule has 0 fully saturated rings. The fourth-order valence-electron chi connectivity index (χ4n) is 1.06. The molecule has 0 amide bonds. The molecule has 1 aromatic rings. The Balaban J connectivity index is 2.79. The molecule has 0 aliphatic carbocycles. The van der Waals surface area contributed by atoms with Crippen molar-refractivity contribution < 1.29 is 9.90 Å². The molecule has 86 valence electrons. The molecule has 0 aliphatic heterocycles. The molecule has 0 aliphatic rings. The minimum atomic E-state index is -0.991. The first-order chi connectivity index (χ1) is 7.50. The largest absolute Gasteiger partial charge is 0.478 e. The minimum absolute atomic E-state index is 0.156. The van der Waals surface area contributed by atoms with E-state index in [0.717, 1.165) is 10.6 Å². The molecule has 16 heavy (non-hydrogen) atoms. The topological polar surface area (TPSA) is 37.3 Å². The average molecular weight is 257 g/mol. The van der Waals surface area contributed by atoms with Crippen molar-refractivity contribution in [3.05, 3.63) is 40.4 Å². The molecule has 2 nitrogen and oxygen atoms in total. The number of carboxylic acid groups (broad SMARTS) is 1. The van der Waals surface area contributed by atoms with Crippen molar-refractivity contribution in [2.45, 2.75) is 18.7 Å². The van der Waals surface area contributed by atoms with Gasteiger partial charge in [-0.25, -0.2) is 4.79 Å². The maximum atomic E-state index is 10.9. The monoisotopic (exact) mass is 256 g/mol. The summed E-state index contributed by atoms with van der Waals surface area (Å²) >= 11 is 7.36. The quantitative estimate of drug-likeness (QED) is 0.651. The van der Waals surface area contributed by atoms with Crippen LogP contribution in [-0.4, -0.2) is 16.8 Å². The van der Waals surface area contributed by atoms with Crippen LogP contribution in [0.3, 0.4) is 0 Å². The van der Waals surface area contributed by atoms with Crippen LogP contribution in [0.4, 0.5) is 0 Å². The zero-order valence-electron chi connectivity index (χ0n) is 9.16. The van der Waals surface area contributed by atoms with Crippen LogP contribution in [0.1, 0.15) is 24.2 Å². The van der Waals surface area contributed by atoms with Crippen LogP contribution in [-0.2, 0) is 0 Å². The van der Waals surface area contributed by atoms with E-state index in [1.807, 2.05) is 19.9 Å². The number of hydrogen-bond acceptors (Lipinski definition) is 2. The smallest absolute Gasteiger partial charge is 0.337 e. The van der Waals surface area contributed by atoms with Crippen molar-refractivity contribution in [3.8, 4) is 0 Å². The average Bonchev–Trinajstić information content (AvgIpc) is 2.19. The van der Waals surface area contributed by atoms with Crippen LogP contribution in [0.15, 0.2) is 34.7 Å². The third-order valence-corrected chi connectivity index (χ3v) is 3.16. The Hall–Kier alpha value is -0.930. The molecule has 1 aromatic carbocycles. The summed E-state index contributed by atoms with van der Waals surface area (Å²) in [6.45, 7) is 4.07. The summed E-state index contributed by atoms with van der Waals surface area (Å²) in [7, 11) is 0. The zero-order valence-corrected chi connectivity index (χ0v) is 10.7. The van der Waals surface area contributed by atoms with E-state index in [9.17, 15) is 4.79 Å². The molecule has 1 N–H and O–H groups in total. The Kier molecular flexibility index (Phi) is 4.90. The highest BCUT2D eigenvalue weighted by Gasteiger charge is 2.08. The normalized spacial score (nSPS) is 9.94. The SMILES string of the molecule is CC(C)=CCSc1ccc(Cl)c(C(=O)O)c1. The number of rotatable bonds is 4. The van der Waals surface area contributed by atoms with Crippen LogP contribution >= 0.6 is 23.4 Å². The van der Waals surface area contributed by atoms with Gasteiger partial charge in [0.05, 0.1) is 10.6 Å². The Morgan fingerprint density at radius 1 is 1.50 bits per heavy atom. The van der Waals surface area contributed by atoms with E-state index >= 15 is 0 Å². The second kappa shape index (κ2) is 5.97.